The van der Waals surface area contributed by atoms with Gasteiger partial charge in [-0.2, -0.15) is 0 Å². The van der Waals surface area contributed by atoms with Crippen molar-refractivity contribution in [3.05, 3.63) is 48.0 Å². The molecule has 1 atom stereocenters. The van der Waals surface area contributed by atoms with Crippen LogP contribution in [0, 0.1) is 0 Å². The molecule has 0 spiro atoms. The van der Waals surface area contributed by atoms with E-state index in [1.165, 1.54) is 29.2 Å². The lowest BCUT2D eigenvalue weighted by atomic mass is 9.89. The molecular weight excluding hydrogens is 244 g/mol. The highest BCUT2D eigenvalue weighted by Gasteiger charge is 2.26. The molecule has 2 heteroatoms. The van der Waals surface area contributed by atoms with Crippen LogP contribution < -0.4 is 10.6 Å². The van der Waals surface area contributed by atoms with E-state index in [4.69, 9.17) is 0 Å². The first kappa shape index (κ1) is 13.6. The van der Waals surface area contributed by atoms with Gasteiger partial charge in [-0.1, -0.05) is 42.5 Å². The number of fused-ring (bicyclic) bond motifs is 1. The lowest BCUT2D eigenvalue weighted by Gasteiger charge is -2.37. The summed E-state index contributed by atoms with van der Waals surface area (Å²) in [5, 5.41) is 10.0. The van der Waals surface area contributed by atoms with Gasteiger partial charge < -0.3 is 10.6 Å². The van der Waals surface area contributed by atoms with Crippen molar-refractivity contribution in [2.45, 2.75) is 44.8 Å². The van der Waals surface area contributed by atoms with Crippen molar-refractivity contribution in [1.82, 2.24) is 10.6 Å². The summed E-state index contributed by atoms with van der Waals surface area (Å²) in [6, 6.07) is 15.8. The average Bonchev–Trinajstić information content (AvgIpc) is 2.44. The van der Waals surface area contributed by atoms with E-state index in [9.17, 15) is 0 Å². The van der Waals surface area contributed by atoms with E-state index < -0.39 is 0 Å². The third-order valence-electron chi connectivity index (χ3n) is 4.31. The standard InChI is InChI=1S/C18H24N2/c1-18(2)12-16(10-11-20-18)19-13-15-8-5-7-14-6-3-4-9-17(14)15/h3-9,16,19-20H,10-13H2,1-2H3. The molecule has 0 aliphatic carbocycles. The van der Waals surface area contributed by atoms with Crippen molar-refractivity contribution in [2.75, 3.05) is 6.54 Å². The first-order valence-corrected chi connectivity index (χ1v) is 7.59. The van der Waals surface area contributed by atoms with E-state index in [0.717, 1.165) is 13.1 Å². The predicted octanol–water partition coefficient (Wildman–Crippen LogP) is 3.46. The first-order chi connectivity index (χ1) is 9.64. The Bertz CT molecular complexity index is 583. The van der Waals surface area contributed by atoms with Gasteiger partial charge in [0, 0.05) is 18.1 Å². The Hall–Kier alpha value is -1.38. The van der Waals surface area contributed by atoms with Gasteiger partial charge in [0.1, 0.15) is 0 Å². The van der Waals surface area contributed by atoms with Gasteiger partial charge >= 0.3 is 0 Å². The lowest BCUT2D eigenvalue weighted by molar-refractivity contribution is 0.247. The SMILES string of the molecule is CC1(C)CC(NCc2cccc3ccccc23)CCN1. The van der Waals surface area contributed by atoms with Gasteiger partial charge in [-0.25, -0.2) is 0 Å². The monoisotopic (exact) mass is 268 g/mol. The number of benzene rings is 2. The zero-order valence-electron chi connectivity index (χ0n) is 12.4. The normalized spacial score (nSPS) is 22.0. The van der Waals surface area contributed by atoms with Crippen molar-refractivity contribution >= 4 is 10.8 Å². The van der Waals surface area contributed by atoms with Crippen LogP contribution in [0.25, 0.3) is 10.8 Å². The van der Waals surface area contributed by atoms with E-state index in [1.54, 1.807) is 0 Å². The number of hydrogen-bond acceptors (Lipinski definition) is 2. The summed E-state index contributed by atoms with van der Waals surface area (Å²) in [5.41, 5.74) is 1.66. The van der Waals surface area contributed by atoms with Gasteiger partial charge in [0.25, 0.3) is 0 Å². The maximum Gasteiger partial charge on any atom is 0.0214 e. The molecule has 1 heterocycles. The molecule has 0 saturated carbocycles. The molecule has 20 heavy (non-hydrogen) atoms. The molecule has 1 saturated heterocycles. The molecule has 1 aliphatic heterocycles. The van der Waals surface area contributed by atoms with Crippen molar-refractivity contribution in [2.24, 2.45) is 0 Å². The number of piperidine rings is 1. The highest BCUT2D eigenvalue weighted by Crippen LogP contribution is 2.21. The molecule has 1 aliphatic rings. The first-order valence-electron chi connectivity index (χ1n) is 7.59. The Morgan fingerprint density at radius 3 is 2.80 bits per heavy atom. The van der Waals surface area contributed by atoms with Gasteiger partial charge in [-0.3, -0.25) is 0 Å². The lowest BCUT2D eigenvalue weighted by Crippen LogP contribution is -2.51. The minimum absolute atomic E-state index is 0.259. The molecule has 2 nitrogen and oxygen atoms in total. The molecule has 2 aromatic carbocycles. The molecule has 2 aromatic rings. The van der Waals surface area contributed by atoms with E-state index in [-0.39, 0.29) is 5.54 Å². The zero-order valence-corrected chi connectivity index (χ0v) is 12.4. The summed E-state index contributed by atoms with van der Waals surface area (Å²) < 4.78 is 0. The molecule has 1 fully saturated rings. The Labute approximate surface area is 121 Å². The average molecular weight is 268 g/mol. The molecule has 1 unspecified atom stereocenters. The summed E-state index contributed by atoms with van der Waals surface area (Å²) in [4.78, 5) is 0. The molecule has 0 radical (unpaired) electrons. The van der Waals surface area contributed by atoms with Crippen LogP contribution in [-0.4, -0.2) is 18.1 Å². The van der Waals surface area contributed by atoms with Gasteiger partial charge in [0.2, 0.25) is 0 Å². The van der Waals surface area contributed by atoms with Gasteiger partial charge in [0.05, 0.1) is 0 Å². The minimum atomic E-state index is 0.259. The fraction of sp³-hybridized carbons (Fsp3) is 0.444. The third-order valence-corrected chi connectivity index (χ3v) is 4.31. The molecular formula is C18H24N2. The summed E-state index contributed by atoms with van der Waals surface area (Å²) in [7, 11) is 0. The topological polar surface area (TPSA) is 24.1 Å². The smallest absolute Gasteiger partial charge is 0.0214 e. The minimum Gasteiger partial charge on any atom is -0.312 e. The largest absolute Gasteiger partial charge is 0.312 e. The highest BCUT2D eigenvalue weighted by molar-refractivity contribution is 5.85. The Morgan fingerprint density at radius 2 is 1.95 bits per heavy atom. The maximum atomic E-state index is 3.75. The van der Waals surface area contributed by atoms with E-state index in [1.807, 2.05) is 0 Å². The van der Waals surface area contributed by atoms with Crippen LogP contribution in [0.15, 0.2) is 42.5 Å². The molecule has 0 amide bonds. The van der Waals surface area contributed by atoms with Crippen molar-refractivity contribution in [3.8, 4) is 0 Å². The summed E-state index contributed by atoms with van der Waals surface area (Å²) >= 11 is 0. The fourth-order valence-corrected chi connectivity index (χ4v) is 3.25. The molecule has 106 valence electrons. The highest BCUT2D eigenvalue weighted by atomic mass is 15.0. The summed E-state index contributed by atoms with van der Waals surface area (Å²) in [6.07, 6.45) is 2.41. The quantitative estimate of drug-likeness (QED) is 0.891. The second kappa shape index (κ2) is 5.55. The number of hydrogen-bond donors (Lipinski definition) is 2. The van der Waals surface area contributed by atoms with Gasteiger partial charge in [-0.15, -0.1) is 0 Å². The van der Waals surface area contributed by atoms with Crippen LogP contribution in [0.5, 0.6) is 0 Å². The third kappa shape index (κ3) is 3.02. The van der Waals surface area contributed by atoms with E-state index >= 15 is 0 Å². The molecule has 0 aromatic heterocycles. The van der Waals surface area contributed by atoms with Crippen LogP contribution in [0.2, 0.25) is 0 Å². The molecule has 3 rings (SSSR count). The predicted molar refractivity (Wildman–Crippen MR) is 85.9 cm³/mol. The van der Waals surface area contributed by atoms with Crippen LogP contribution in [0.1, 0.15) is 32.3 Å². The van der Waals surface area contributed by atoms with Crippen LogP contribution in [-0.2, 0) is 6.54 Å². The van der Waals surface area contributed by atoms with Crippen molar-refractivity contribution in [3.63, 3.8) is 0 Å². The Morgan fingerprint density at radius 1 is 1.15 bits per heavy atom. The zero-order chi connectivity index (χ0) is 14.0. The Kier molecular flexibility index (Phi) is 3.77. The second-order valence-electron chi connectivity index (χ2n) is 6.52. The number of rotatable bonds is 3. The maximum absolute atomic E-state index is 3.75. The van der Waals surface area contributed by atoms with E-state index in [2.05, 4.69) is 66.9 Å². The summed E-state index contributed by atoms with van der Waals surface area (Å²) in [6.45, 7) is 6.65. The van der Waals surface area contributed by atoms with Crippen LogP contribution >= 0.6 is 0 Å². The van der Waals surface area contributed by atoms with Gasteiger partial charge in [0.15, 0.2) is 0 Å². The summed E-state index contributed by atoms with van der Waals surface area (Å²) in [5.74, 6) is 0. The molecule has 0 bridgehead atoms. The molecule has 2 N–H and O–H groups in total. The van der Waals surface area contributed by atoms with Crippen LogP contribution in [0.4, 0.5) is 0 Å². The van der Waals surface area contributed by atoms with Crippen molar-refractivity contribution < 1.29 is 0 Å². The van der Waals surface area contributed by atoms with Gasteiger partial charge in [-0.05, 0) is 49.6 Å². The van der Waals surface area contributed by atoms with E-state index in [0.29, 0.717) is 6.04 Å². The second-order valence-corrected chi connectivity index (χ2v) is 6.52. The Balaban J connectivity index is 1.71. The number of nitrogens with one attached hydrogen (secondary N) is 2. The fourth-order valence-electron chi connectivity index (χ4n) is 3.25. The van der Waals surface area contributed by atoms with Crippen LogP contribution in [0.3, 0.4) is 0 Å². The van der Waals surface area contributed by atoms with Crippen molar-refractivity contribution in [1.29, 1.82) is 0 Å².